The van der Waals surface area contributed by atoms with E-state index in [1.807, 2.05) is 12.1 Å². The first kappa shape index (κ1) is 26.7. The zero-order chi connectivity index (χ0) is 22.7. The number of carbonyl (C=O) groups excluding carboxylic acids is 2. The minimum absolute atomic E-state index is 0.157. The van der Waals surface area contributed by atoms with E-state index in [9.17, 15) is 9.59 Å². The highest BCUT2D eigenvalue weighted by atomic mass is 16.6. The van der Waals surface area contributed by atoms with Crippen molar-refractivity contribution < 1.29 is 23.8 Å². The first-order chi connectivity index (χ1) is 15.1. The Bertz CT molecular complexity index is 666. The topological polar surface area (TPSA) is 61.8 Å². The summed E-state index contributed by atoms with van der Waals surface area (Å²) >= 11 is 0. The standard InChI is InChI=1S/C26H40O5/c1-4-6-8-10-12-16-25(27)30-20-14-15-22-18-19-23(24(21-22)29-3)31-26(28)17-13-11-9-7-5-2/h14-15,18-19,21H,4-13,16-17,20H2,1-3H3/b15-14+. The van der Waals surface area contributed by atoms with Gasteiger partial charge in [-0.15, -0.1) is 0 Å². The Morgan fingerprint density at radius 2 is 1.42 bits per heavy atom. The van der Waals surface area contributed by atoms with Gasteiger partial charge in [-0.3, -0.25) is 9.59 Å². The van der Waals surface area contributed by atoms with Crippen molar-refractivity contribution in [3.05, 3.63) is 29.8 Å². The molecule has 0 N–H and O–H groups in total. The van der Waals surface area contributed by atoms with Crippen molar-refractivity contribution in [3.63, 3.8) is 0 Å². The van der Waals surface area contributed by atoms with Gasteiger partial charge in [-0.1, -0.05) is 77.4 Å². The zero-order valence-electron chi connectivity index (χ0n) is 19.6. The van der Waals surface area contributed by atoms with E-state index in [1.54, 1.807) is 25.3 Å². The lowest BCUT2D eigenvalue weighted by Crippen LogP contribution is -2.08. The first-order valence-electron chi connectivity index (χ1n) is 11.8. The van der Waals surface area contributed by atoms with Gasteiger partial charge in [0.25, 0.3) is 0 Å². The molecule has 1 rings (SSSR count). The van der Waals surface area contributed by atoms with Gasteiger partial charge in [0.05, 0.1) is 7.11 Å². The molecule has 0 atom stereocenters. The quantitative estimate of drug-likeness (QED) is 0.153. The van der Waals surface area contributed by atoms with Crippen LogP contribution in [0.5, 0.6) is 11.5 Å². The molecule has 174 valence electrons. The molecule has 0 aliphatic rings. The van der Waals surface area contributed by atoms with Crippen LogP contribution in [-0.4, -0.2) is 25.7 Å². The molecule has 0 aromatic heterocycles. The van der Waals surface area contributed by atoms with E-state index in [-0.39, 0.29) is 18.5 Å². The summed E-state index contributed by atoms with van der Waals surface area (Å²) in [5, 5.41) is 0. The predicted molar refractivity (Wildman–Crippen MR) is 125 cm³/mol. The highest BCUT2D eigenvalue weighted by Gasteiger charge is 2.10. The highest BCUT2D eigenvalue weighted by molar-refractivity contribution is 5.73. The molecule has 31 heavy (non-hydrogen) atoms. The average Bonchev–Trinajstić information content (AvgIpc) is 2.77. The number of benzene rings is 1. The van der Waals surface area contributed by atoms with Crippen LogP contribution < -0.4 is 9.47 Å². The fourth-order valence-corrected chi connectivity index (χ4v) is 3.19. The molecular weight excluding hydrogens is 392 g/mol. The molecule has 5 nitrogen and oxygen atoms in total. The maximum atomic E-state index is 12.1. The summed E-state index contributed by atoms with van der Waals surface area (Å²) in [6, 6.07) is 5.38. The largest absolute Gasteiger partial charge is 0.493 e. The smallest absolute Gasteiger partial charge is 0.311 e. The van der Waals surface area contributed by atoms with Gasteiger partial charge in [-0.05, 0) is 36.6 Å². The molecule has 0 saturated heterocycles. The van der Waals surface area contributed by atoms with E-state index in [0.29, 0.717) is 24.3 Å². The van der Waals surface area contributed by atoms with Crippen LogP contribution in [0.3, 0.4) is 0 Å². The molecule has 0 fully saturated rings. The molecule has 5 heteroatoms. The molecule has 0 unspecified atom stereocenters. The Hall–Kier alpha value is -2.30. The molecule has 0 amide bonds. The van der Waals surface area contributed by atoms with Crippen LogP contribution >= 0.6 is 0 Å². The molecule has 0 aliphatic heterocycles. The summed E-state index contributed by atoms with van der Waals surface area (Å²) in [5.41, 5.74) is 0.881. The van der Waals surface area contributed by atoms with Gasteiger partial charge in [0.1, 0.15) is 6.61 Å². The molecule has 1 aromatic carbocycles. The molecule has 0 spiro atoms. The van der Waals surface area contributed by atoms with E-state index in [2.05, 4.69) is 13.8 Å². The van der Waals surface area contributed by atoms with E-state index < -0.39 is 0 Å². The van der Waals surface area contributed by atoms with E-state index in [1.165, 1.54) is 32.1 Å². The maximum absolute atomic E-state index is 12.1. The summed E-state index contributed by atoms with van der Waals surface area (Å²) in [7, 11) is 1.55. The van der Waals surface area contributed by atoms with Crippen LogP contribution in [-0.2, 0) is 14.3 Å². The Morgan fingerprint density at radius 1 is 0.806 bits per heavy atom. The minimum atomic E-state index is -0.236. The lowest BCUT2D eigenvalue weighted by molar-refractivity contribution is -0.142. The Labute approximate surface area is 188 Å². The van der Waals surface area contributed by atoms with Crippen LogP contribution in [0.15, 0.2) is 24.3 Å². The molecule has 1 aromatic rings. The van der Waals surface area contributed by atoms with Gasteiger partial charge in [0, 0.05) is 12.8 Å². The SMILES string of the molecule is CCCCCCCC(=O)OC/C=C/c1ccc(OC(=O)CCCCCCC)c(OC)c1. The van der Waals surface area contributed by atoms with Gasteiger partial charge >= 0.3 is 11.9 Å². The van der Waals surface area contributed by atoms with Gasteiger partial charge in [0.2, 0.25) is 0 Å². The summed E-state index contributed by atoms with van der Waals surface area (Å²) in [4.78, 5) is 23.8. The molecule has 0 radical (unpaired) electrons. The summed E-state index contributed by atoms with van der Waals surface area (Å²) < 4.78 is 16.1. The number of unbranched alkanes of at least 4 members (excludes halogenated alkanes) is 8. The Balaban J connectivity index is 2.39. The van der Waals surface area contributed by atoms with E-state index in [4.69, 9.17) is 14.2 Å². The summed E-state index contributed by atoms with van der Waals surface area (Å²) in [5.74, 6) is 0.536. The van der Waals surface area contributed by atoms with Crippen LogP contribution in [0.1, 0.15) is 96.5 Å². The second-order valence-electron chi connectivity index (χ2n) is 7.80. The number of hydrogen-bond acceptors (Lipinski definition) is 5. The molecule has 0 bridgehead atoms. The molecule has 0 saturated carbocycles. The summed E-state index contributed by atoms with van der Waals surface area (Å²) in [6.07, 6.45) is 15.5. The number of methoxy groups -OCH3 is 1. The van der Waals surface area contributed by atoms with Crippen molar-refractivity contribution in [2.24, 2.45) is 0 Å². The second kappa shape index (κ2) is 17.4. The molecule has 0 heterocycles. The zero-order valence-corrected chi connectivity index (χ0v) is 19.6. The number of ether oxygens (including phenoxy) is 3. The van der Waals surface area contributed by atoms with Crippen LogP contribution in [0.4, 0.5) is 0 Å². The number of rotatable bonds is 17. The number of esters is 2. The summed E-state index contributed by atoms with van der Waals surface area (Å²) in [6.45, 7) is 4.58. The van der Waals surface area contributed by atoms with Gasteiger partial charge in [0.15, 0.2) is 11.5 Å². The fraction of sp³-hybridized carbons (Fsp3) is 0.615. The number of hydrogen-bond donors (Lipinski definition) is 0. The normalized spacial score (nSPS) is 10.9. The highest BCUT2D eigenvalue weighted by Crippen LogP contribution is 2.29. The van der Waals surface area contributed by atoms with Crippen molar-refractivity contribution in [1.29, 1.82) is 0 Å². The van der Waals surface area contributed by atoms with E-state index >= 15 is 0 Å². The van der Waals surface area contributed by atoms with Crippen LogP contribution in [0.25, 0.3) is 6.08 Å². The third-order valence-electron chi connectivity index (χ3n) is 5.03. The van der Waals surface area contributed by atoms with Crippen molar-refractivity contribution in [3.8, 4) is 11.5 Å². The number of carbonyl (C=O) groups is 2. The lowest BCUT2D eigenvalue weighted by atomic mass is 10.1. The van der Waals surface area contributed by atoms with Crippen molar-refractivity contribution in [2.45, 2.75) is 90.9 Å². The average molecular weight is 433 g/mol. The predicted octanol–water partition coefficient (Wildman–Crippen LogP) is 6.88. The van der Waals surface area contributed by atoms with Gasteiger partial charge < -0.3 is 14.2 Å². The fourth-order valence-electron chi connectivity index (χ4n) is 3.19. The van der Waals surface area contributed by atoms with Crippen LogP contribution in [0.2, 0.25) is 0 Å². The Morgan fingerprint density at radius 3 is 2.03 bits per heavy atom. The van der Waals surface area contributed by atoms with Crippen molar-refractivity contribution in [2.75, 3.05) is 13.7 Å². The Kier molecular flexibility index (Phi) is 15.0. The van der Waals surface area contributed by atoms with Gasteiger partial charge in [-0.25, -0.2) is 0 Å². The molecule has 0 aliphatic carbocycles. The molecular formula is C26H40O5. The van der Waals surface area contributed by atoms with Crippen molar-refractivity contribution >= 4 is 18.0 Å². The second-order valence-corrected chi connectivity index (χ2v) is 7.80. The van der Waals surface area contributed by atoms with Crippen molar-refractivity contribution in [1.82, 2.24) is 0 Å². The lowest BCUT2D eigenvalue weighted by Gasteiger charge is -2.10. The third-order valence-corrected chi connectivity index (χ3v) is 5.03. The first-order valence-corrected chi connectivity index (χ1v) is 11.8. The van der Waals surface area contributed by atoms with Gasteiger partial charge in [-0.2, -0.15) is 0 Å². The maximum Gasteiger partial charge on any atom is 0.311 e. The van der Waals surface area contributed by atoms with E-state index in [0.717, 1.165) is 37.7 Å². The third kappa shape index (κ3) is 12.9. The minimum Gasteiger partial charge on any atom is -0.493 e. The van der Waals surface area contributed by atoms with Crippen LogP contribution in [0, 0.1) is 0 Å². The monoisotopic (exact) mass is 432 g/mol.